The highest BCUT2D eigenvalue weighted by molar-refractivity contribution is 5.74. The second kappa shape index (κ2) is 3.19. The Balaban J connectivity index is 1.91. The Labute approximate surface area is 88.8 Å². The predicted molar refractivity (Wildman–Crippen MR) is 52.3 cm³/mol. The molecule has 1 saturated heterocycles. The molecule has 4 aliphatic rings. The topological polar surface area (TPSA) is 60.8 Å². The van der Waals surface area contributed by atoms with E-state index >= 15 is 0 Å². The van der Waals surface area contributed by atoms with Crippen molar-refractivity contribution >= 4 is 5.97 Å². The SMILES string of the molecule is O=C(O)C1C2C3CCC(CC3)C2CN1O. The molecule has 0 amide bonds. The Morgan fingerprint density at radius 1 is 1.13 bits per heavy atom. The van der Waals surface area contributed by atoms with Crippen LogP contribution < -0.4 is 0 Å². The highest BCUT2D eigenvalue weighted by Crippen LogP contribution is 2.53. The molecule has 3 unspecified atom stereocenters. The van der Waals surface area contributed by atoms with Gasteiger partial charge in [0.2, 0.25) is 0 Å². The molecule has 2 N–H and O–H groups in total. The van der Waals surface area contributed by atoms with Crippen molar-refractivity contribution in [2.75, 3.05) is 6.54 Å². The first kappa shape index (κ1) is 9.60. The highest BCUT2D eigenvalue weighted by Gasteiger charge is 2.55. The molecule has 4 rings (SSSR count). The van der Waals surface area contributed by atoms with E-state index in [9.17, 15) is 10.0 Å². The predicted octanol–water partition coefficient (Wildman–Crippen LogP) is 1.20. The van der Waals surface area contributed by atoms with Gasteiger partial charge in [-0.25, -0.2) is 0 Å². The Hall–Kier alpha value is -0.610. The Kier molecular flexibility index (Phi) is 2.04. The van der Waals surface area contributed by atoms with Crippen molar-refractivity contribution in [3.63, 3.8) is 0 Å². The first-order valence-corrected chi connectivity index (χ1v) is 5.87. The van der Waals surface area contributed by atoms with Crippen LogP contribution in [0, 0.1) is 23.7 Å². The molecule has 1 aliphatic heterocycles. The first-order chi connectivity index (χ1) is 7.18. The van der Waals surface area contributed by atoms with Gasteiger partial charge in [0.05, 0.1) is 0 Å². The lowest BCUT2D eigenvalue weighted by molar-refractivity contribution is -0.165. The summed E-state index contributed by atoms with van der Waals surface area (Å²) < 4.78 is 0. The average molecular weight is 211 g/mol. The lowest BCUT2D eigenvalue weighted by atomic mass is 9.58. The maximum Gasteiger partial charge on any atom is 0.323 e. The van der Waals surface area contributed by atoms with E-state index in [1.807, 2.05) is 0 Å². The molecule has 4 nitrogen and oxygen atoms in total. The quantitative estimate of drug-likeness (QED) is 0.684. The van der Waals surface area contributed by atoms with Crippen LogP contribution in [0.15, 0.2) is 0 Å². The maximum atomic E-state index is 11.1. The smallest absolute Gasteiger partial charge is 0.323 e. The molecule has 2 bridgehead atoms. The third kappa shape index (κ3) is 1.24. The summed E-state index contributed by atoms with van der Waals surface area (Å²) in [6.07, 6.45) is 4.82. The molecule has 0 spiro atoms. The van der Waals surface area contributed by atoms with Crippen LogP contribution >= 0.6 is 0 Å². The van der Waals surface area contributed by atoms with Crippen LogP contribution in [0.5, 0.6) is 0 Å². The number of nitrogens with zero attached hydrogens (tertiary/aromatic N) is 1. The Bertz CT molecular complexity index is 286. The zero-order chi connectivity index (χ0) is 10.6. The van der Waals surface area contributed by atoms with Gasteiger partial charge < -0.3 is 10.3 Å². The minimum atomic E-state index is -0.849. The van der Waals surface area contributed by atoms with Gasteiger partial charge in [-0.2, -0.15) is 5.06 Å². The Morgan fingerprint density at radius 3 is 2.33 bits per heavy atom. The van der Waals surface area contributed by atoms with Gasteiger partial charge in [0.15, 0.2) is 0 Å². The van der Waals surface area contributed by atoms with E-state index in [0.717, 1.165) is 5.06 Å². The van der Waals surface area contributed by atoms with E-state index in [-0.39, 0.29) is 5.92 Å². The molecule has 4 fully saturated rings. The van der Waals surface area contributed by atoms with E-state index in [2.05, 4.69) is 0 Å². The van der Waals surface area contributed by atoms with Gasteiger partial charge in [0.1, 0.15) is 6.04 Å². The number of carboxylic acids is 1. The summed E-state index contributed by atoms with van der Waals surface area (Å²) in [6.45, 7) is 0.572. The van der Waals surface area contributed by atoms with Gasteiger partial charge in [0, 0.05) is 6.54 Å². The third-order valence-electron chi connectivity index (χ3n) is 4.80. The van der Waals surface area contributed by atoms with Gasteiger partial charge in [-0.3, -0.25) is 4.79 Å². The minimum Gasteiger partial charge on any atom is -0.480 e. The maximum absolute atomic E-state index is 11.1. The van der Waals surface area contributed by atoms with Crippen molar-refractivity contribution in [3.8, 4) is 0 Å². The molecule has 4 heteroatoms. The normalized spacial score (nSPS) is 49.3. The molecule has 0 radical (unpaired) electrons. The number of hydrogen-bond donors (Lipinski definition) is 2. The number of hydroxylamine groups is 2. The molecule has 15 heavy (non-hydrogen) atoms. The summed E-state index contributed by atoms with van der Waals surface area (Å²) in [7, 11) is 0. The molecular weight excluding hydrogens is 194 g/mol. The van der Waals surface area contributed by atoms with Crippen molar-refractivity contribution in [1.82, 2.24) is 5.06 Å². The molecule has 3 aliphatic carbocycles. The highest BCUT2D eigenvalue weighted by atomic mass is 16.5. The van der Waals surface area contributed by atoms with Crippen LogP contribution in [0.3, 0.4) is 0 Å². The monoisotopic (exact) mass is 211 g/mol. The van der Waals surface area contributed by atoms with E-state index in [4.69, 9.17) is 5.11 Å². The number of fused-ring (bicyclic) bond motifs is 2. The van der Waals surface area contributed by atoms with Crippen LogP contribution in [-0.4, -0.2) is 33.9 Å². The summed E-state index contributed by atoms with van der Waals surface area (Å²) in [6, 6.07) is -0.636. The van der Waals surface area contributed by atoms with E-state index < -0.39 is 12.0 Å². The number of hydrogen-bond acceptors (Lipinski definition) is 3. The van der Waals surface area contributed by atoms with Crippen molar-refractivity contribution in [3.05, 3.63) is 0 Å². The summed E-state index contributed by atoms with van der Waals surface area (Å²) in [5.41, 5.74) is 0. The average Bonchev–Trinajstić information content (AvgIpc) is 2.58. The zero-order valence-electron chi connectivity index (χ0n) is 8.67. The van der Waals surface area contributed by atoms with Crippen molar-refractivity contribution in [2.45, 2.75) is 31.7 Å². The van der Waals surface area contributed by atoms with Crippen LogP contribution in [0.4, 0.5) is 0 Å². The van der Waals surface area contributed by atoms with Crippen LogP contribution in [-0.2, 0) is 4.79 Å². The fourth-order valence-corrected chi connectivity index (χ4v) is 4.20. The number of carbonyl (C=O) groups is 1. The number of carboxylic acid groups (broad SMARTS) is 1. The van der Waals surface area contributed by atoms with Crippen molar-refractivity contribution < 1.29 is 15.1 Å². The van der Waals surface area contributed by atoms with Crippen molar-refractivity contribution in [1.29, 1.82) is 0 Å². The Morgan fingerprint density at radius 2 is 1.73 bits per heavy atom. The number of aliphatic carboxylic acids is 1. The first-order valence-electron chi connectivity index (χ1n) is 5.87. The summed E-state index contributed by atoms with van der Waals surface area (Å²) in [5.74, 6) is 0.999. The fraction of sp³-hybridized carbons (Fsp3) is 0.909. The molecule has 0 aromatic heterocycles. The van der Waals surface area contributed by atoms with Crippen LogP contribution in [0.1, 0.15) is 25.7 Å². The molecule has 3 saturated carbocycles. The molecule has 1 heterocycles. The summed E-state index contributed by atoms with van der Waals surface area (Å²) in [5, 5.41) is 19.9. The molecule has 3 atom stereocenters. The molecule has 0 aromatic carbocycles. The second-order valence-corrected chi connectivity index (χ2v) is 5.32. The largest absolute Gasteiger partial charge is 0.480 e. The van der Waals surface area contributed by atoms with Gasteiger partial charge in [-0.1, -0.05) is 0 Å². The van der Waals surface area contributed by atoms with E-state index in [1.165, 1.54) is 25.7 Å². The van der Waals surface area contributed by atoms with Gasteiger partial charge in [-0.15, -0.1) is 0 Å². The van der Waals surface area contributed by atoms with E-state index in [0.29, 0.717) is 24.3 Å². The molecule has 84 valence electrons. The zero-order valence-corrected chi connectivity index (χ0v) is 8.67. The second-order valence-electron chi connectivity index (χ2n) is 5.32. The molecule has 0 aromatic rings. The lowest BCUT2D eigenvalue weighted by Gasteiger charge is -2.46. The third-order valence-corrected chi connectivity index (χ3v) is 4.80. The van der Waals surface area contributed by atoms with Gasteiger partial charge >= 0.3 is 5.97 Å². The minimum absolute atomic E-state index is 0.208. The van der Waals surface area contributed by atoms with Crippen LogP contribution in [0.25, 0.3) is 0 Å². The van der Waals surface area contributed by atoms with Gasteiger partial charge in [0.25, 0.3) is 0 Å². The van der Waals surface area contributed by atoms with E-state index in [1.54, 1.807) is 0 Å². The summed E-state index contributed by atoms with van der Waals surface area (Å²) in [4.78, 5) is 11.1. The molecular formula is C11H17NO3. The standard InChI is InChI=1S/C11H17NO3/c13-11(14)10-9-7-3-1-6(2-4-7)8(9)5-12(10)15/h6-10,15H,1-5H2,(H,13,14). The summed E-state index contributed by atoms with van der Waals surface area (Å²) >= 11 is 0. The lowest BCUT2D eigenvalue weighted by Crippen LogP contribution is -2.45. The van der Waals surface area contributed by atoms with Crippen molar-refractivity contribution in [2.24, 2.45) is 23.7 Å². The van der Waals surface area contributed by atoms with Gasteiger partial charge in [-0.05, 0) is 49.4 Å². The number of rotatable bonds is 1. The fourth-order valence-electron chi connectivity index (χ4n) is 4.20. The van der Waals surface area contributed by atoms with Crippen LogP contribution in [0.2, 0.25) is 0 Å².